The van der Waals surface area contributed by atoms with Crippen molar-refractivity contribution in [2.45, 2.75) is 57.8 Å². The number of aromatic nitrogens is 1. The van der Waals surface area contributed by atoms with Gasteiger partial charge >= 0.3 is 0 Å². The van der Waals surface area contributed by atoms with E-state index in [0.717, 1.165) is 39.1 Å². The van der Waals surface area contributed by atoms with Gasteiger partial charge in [0.15, 0.2) is 5.78 Å². The monoisotopic (exact) mass is 695 g/mol. The van der Waals surface area contributed by atoms with Gasteiger partial charge in [-0.1, -0.05) is 157 Å². The molecule has 7 aromatic carbocycles. The molecule has 11 rings (SSSR count). The van der Waals surface area contributed by atoms with Crippen LogP contribution in [0.15, 0.2) is 140 Å². The molecule has 3 aliphatic rings. The minimum atomic E-state index is -0.346. The van der Waals surface area contributed by atoms with Gasteiger partial charge < -0.3 is 4.57 Å². The highest BCUT2D eigenvalue weighted by molar-refractivity contribution is 6.23. The van der Waals surface area contributed by atoms with Gasteiger partial charge in [-0.3, -0.25) is 4.79 Å². The Labute approximate surface area is 316 Å². The lowest BCUT2D eigenvalue weighted by molar-refractivity contribution is 0.103. The first-order valence-corrected chi connectivity index (χ1v) is 19.2. The lowest BCUT2D eigenvalue weighted by atomic mass is 9.66. The Hall–Kier alpha value is -5.99. The number of hydrogen-bond donors (Lipinski definition) is 0. The van der Waals surface area contributed by atoms with Crippen LogP contribution < -0.4 is 0 Å². The number of fused-ring (bicyclic) bond motifs is 13. The average Bonchev–Trinajstić information content (AvgIpc) is 3.74. The Kier molecular flexibility index (Phi) is 6.05. The highest BCUT2D eigenvalue weighted by Crippen LogP contribution is 2.58. The van der Waals surface area contributed by atoms with Crippen molar-refractivity contribution < 1.29 is 4.79 Å². The molecule has 0 fully saturated rings. The van der Waals surface area contributed by atoms with Gasteiger partial charge in [0.05, 0.1) is 11.0 Å². The summed E-state index contributed by atoms with van der Waals surface area (Å²) in [7, 11) is 0. The van der Waals surface area contributed by atoms with E-state index < -0.39 is 0 Å². The van der Waals surface area contributed by atoms with Gasteiger partial charge in [0.2, 0.25) is 0 Å². The van der Waals surface area contributed by atoms with Gasteiger partial charge in [-0.25, -0.2) is 0 Å². The number of rotatable bonds is 2. The minimum Gasteiger partial charge on any atom is -0.309 e. The van der Waals surface area contributed by atoms with Gasteiger partial charge in [-0.05, 0) is 91.0 Å². The highest BCUT2D eigenvalue weighted by atomic mass is 16.1. The number of ketones is 1. The van der Waals surface area contributed by atoms with Crippen LogP contribution in [-0.2, 0) is 16.2 Å². The van der Waals surface area contributed by atoms with Crippen molar-refractivity contribution >= 4 is 27.6 Å². The summed E-state index contributed by atoms with van der Waals surface area (Å²) in [5.41, 5.74) is 19.9. The third-order valence-electron chi connectivity index (χ3n) is 13.4. The molecular formula is C52H41NO. The van der Waals surface area contributed by atoms with Crippen molar-refractivity contribution in [2.24, 2.45) is 0 Å². The van der Waals surface area contributed by atoms with Crippen LogP contribution in [0.5, 0.6) is 0 Å². The molecule has 0 unspecified atom stereocenters. The van der Waals surface area contributed by atoms with Crippen molar-refractivity contribution in [2.75, 3.05) is 0 Å². The summed E-state index contributed by atoms with van der Waals surface area (Å²) in [4.78, 5) is 14.0. The maximum atomic E-state index is 14.0. The predicted molar refractivity (Wildman–Crippen MR) is 223 cm³/mol. The third-order valence-corrected chi connectivity index (χ3v) is 13.4. The molecule has 1 heterocycles. The summed E-state index contributed by atoms with van der Waals surface area (Å²) in [5, 5.41) is 2.66. The molecular weight excluding hydrogens is 655 g/mol. The van der Waals surface area contributed by atoms with E-state index in [-0.39, 0.29) is 22.0 Å². The topological polar surface area (TPSA) is 22.0 Å². The van der Waals surface area contributed by atoms with Gasteiger partial charge in [-0.2, -0.15) is 0 Å². The molecule has 0 bridgehead atoms. The van der Waals surface area contributed by atoms with Crippen molar-refractivity contribution in [3.63, 3.8) is 0 Å². The second-order valence-electron chi connectivity index (χ2n) is 17.2. The Morgan fingerprint density at radius 3 is 1.44 bits per heavy atom. The second kappa shape index (κ2) is 10.4. The summed E-state index contributed by atoms with van der Waals surface area (Å²) in [6.07, 6.45) is 0. The molecule has 0 spiro atoms. The van der Waals surface area contributed by atoms with E-state index in [2.05, 4.69) is 161 Å². The fourth-order valence-electron chi connectivity index (χ4n) is 10.8. The number of hydrogen-bond acceptors (Lipinski definition) is 1. The standard InChI is InChI=1S/C52H41NO/c1-50(2)37-22-10-7-17-33(37)44-40(50)25-27-42-46(44)47-43(28-26-41-45(47)34-18-8-11-23-38(34)51(41,3)4)53(42)31-16-13-15-30(29-31)32-20-14-21-36-48(32)52(5,6)39-24-12-9-19-35(39)49(36)54/h7-29H,1-6H3. The first-order chi connectivity index (χ1) is 26.0. The molecule has 0 N–H and O–H groups in total. The summed E-state index contributed by atoms with van der Waals surface area (Å²) >= 11 is 0. The van der Waals surface area contributed by atoms with Crippen LogP contribution in [0.2, 0.25) is 0 Å². The SMILES string of the molecule is CC1(C)c2ccccc2-c2c1ccc1c2c2c3c(ccc2n1-c1cccc(-c2cccc4c2C(C)(C)c2ccccc2C4=O)c1)C(C)(C)c1ccccc1-3. The van der Waals surface area contributed by atoms with E-state index in [4.69, 9.17) is 0 Å². The zero-order valence-corrected chi connectivity index (χ0v) is 31.6. The highest BCUT2D eigenvalue weighted by Gasteiger charge is 2.42. The smallest absolute Gasteiger partial charge is 0.193 e. The van der Waals surface area contributed by atoms with E-state index >= 15 is 0 Å². The van der Waals surface area contributed by atoms with Crippen LogP contribution in [0.25, 0.3) is 60.9 Å². The zero-order chi connectivity index (χ0) is 36.9. The molecule has 3 aliphatic carbocycles. The summed E-state index contributed by atoms with van der Waals surface area (Å²) < 4.78 is 2.50. The molecule has 260 valence electrons. The van der Waals surface area contributed by atoms with Crippen molar-refractivity contribution in [3.8, 4) is 39.1 Å². The molecule has 8 aromatic rings. The van der Waals surface area contributed by atoms with Crippen molar-refractivity contribution in [3.05, 3.63) is 184 Å². The molecule has 0 saturated carbocycles. The summed E-state index contributed by atoms with van der Waals surface area (Å²) in [6.45, 7) is 14.0. The maximum absolute atomic E-state index is 14.0. The second-order valence-corrected chi connectivity index (χ2v) is 17.2. The van der Waals surface area contributed by atoms with E-state index in [1.165, 1.54) is 66.3 Å². The quantitative estimate of drug-likeness (QED) is 0.176. The Balaban J connectivity index is 1.23. The molecule has 0 aliphatic heterocycles. The molecule has 0 amide bonds. The number of nitrogens with zero attached hydrogens (tertiary/aromatic N) is 1. The fourth-order valence-corrected chi connectivity index (χ4v) is 10.8. The molecule has 0 radical (unpaired) electrons. The molecule has 0 saturated heterocycles. The fraction of sp³-hybridized carbons (Fsp3) is 0.173. The van der Waals surface area contributed by atoms with E-state index in [1.807, 2.05) is 24.3 Å². The first-order valence-electron chi connectivity index (χ1n) is 19.2. The molecule has 1 aromatic heterocycles. The summed E-state index contributed by atoms with van der Waals surface area (Å²) in [6, 6.07) is 50.9. The molecule has 0 atom stereocenters. The maximum Gasteiger partial charge on any atom is 0.193 e. The number of benzene rings is 7. The van der Waals surface area contributed by atoms with Gasteiger partial charge in [-0.15, -0.1) is 0 Å². The van der Waals surface area contributed by atoms with Gasteiger partial charge in [0, 0.05) is 43.8 Å². The van der Waals surface area contributed by atoms with Gasteiger partial charge in [0.1, 0.15) is 0 Å². The largest absolute Gasteiger partial charge is 0.309 e. The normalized spacial score (nSPS) is 16.4. The van der Waals surface area contributed by atoms with Crippen LogP contribution in [0, 0.1) is 0 Å². The first kappa shape index (κ1) is 31.5. The van der Waals surface area contributed by atoms with Gasteiger partial charge in [0.25, 0.3) is 0 Å². The van der Waals surface area contributed by atoms with E-state index in [9.17, 15) is 4.79 Å². The summed E-state index contributed by atoms with van der Waals surface area (Å²) in [5.74, 6) is 0.106. The van der Waals surface area contributed by atoms with Crippen molar-refractivity contribution in [1.29, 1.82) is 0 Å². The third kappa shape index (κ3) is 3.78. The predicted octanol–water partition coefficient (Wildman–Crippen LogP) is 12.9. The minimum absolute atomic E-state index is 0.106. The van der Waals surface area contributed by atoms with Crippen LogP contribution in [-0.4, -0.2) is 10.4 Å². The average molecular weight is 696 g/mol. The van der Waals surface area contributed by atoms with Crippen LogP contribution in [0.3, 0.4) is 0 Å². The van der Waals surface area contributed by atoms with E-state index in [1.54, 1.807) is 0 Å². The van der Waals surface area contributed by atoms with Crippen LogP contribution >= 0.6 is 0 Å². The van der Waals surface area contributed by atoms with Crippen LogP contribution in [0.4, 0.5) is 0 Å². The number of carbonyl (C=O) groups is 1. The lowest BCUT2D eigenvalue weighted by Crippen LogP contribution is -2.31. The van der Waals surface area contributed by atoms with E-state index in [0.29, 0.717) is 0 Å². The Morgan fingerprint density at radius 1 is 0.407 bits per heavy atom. The van der Waals surface area contributed by atoms with Crippen LogP contribution in [0.1, 0.15) is 90.8 Å². The zero-order valence-electron chi connectivity index (χ0n) is 31.6. The molecule has 2 nitrogen and oxygen atoms in total. The Bertz CT molecular complexity index is 2860. The molecule has 54 heavy (non-hydrogen) atoms. The lowest BCUT2D eigenvalue weighted by Gasteiger charge is -2.36. The number of carbonyl (C=O) groups excluding carboxylic acids is 1. The molecule has 2 heteroatoms. The van der Waals surface area contributed by atoms with Crippen molar-refractivity contribution in [1.82, 2.24) is 4.57 Å². The Morgan fingerprint density at radius 2 is 0.870 bits per heavy atom.